The van der Waals surface area contributed by atoms with Gasteiger partial charge in [0.2, 0.25) is 0 Å². The number of ether oxygens (including phenoxy) is 1. The Hall–Kier alpha value is -1.32. The van der Waals surface area contributed by atoms with Crippen molar-refractivity contribution in [1.29, 1.82) is 0 Å². The van der Waals surface area contributed by atoms with Gasteiger partial charge in [-0.25, -0.2) is 0 Å². The van der Waals surface area contributed by atoms with E-state index in [0.717, 1.165) is 21.5 Å². The van der Waals surface area contributed by atoms with E-state index in [1.165, 1.54) is 11.1 Å². The van der Waals surface area contributed by atoms with E-state index in [0.29, 0.717) is 5.92 Å². The molecule has 0 radical (unpaired) electrons. The van der Waals surface area contributed by atoms with Crippen molar-refractivity contribution in [3.8, 4) is 11.5 Å². The molecule has 0 heterocycles. The summed E-state index contributed by atoms with van der Waals surface area (Å²) >= 11 is 3.48. The van der Waals surface area contributed by atoms with E-state index in [9.17, 15) is 0 Å². The Morgan fingerprint density at radius 1 is 1.00 bits per heavy atom. The predicted octanol–water partition coefficient (Wildman–Crippen LogP) is 5.69. The van der Waals surface area contributed by atoms with E-state index >= 15 is 0 Å². The summed E-state index contributed by atoms with van der Waals surface area (Å²) < 4.78 is 7.04. The van der Waals surface area contributed by atoms with Crippen molar-refractivity contribution in [2.45, 2.75) is 39.7 Å². The van der Waals surface area contributed by atoms with Crippen molar-refractivity contribution in [2.75, 3.05) is 0 Å². The Bertz CT molecular complexity index is 635. The summed E-state index contributed by atoms with van der Waals surface area (Å²) in [6.07, 6.45) is 0. The highest BCUT2D eigenvalue weighted by molar-refractivity contribution is 9.10. The number of nitrogens with two attached hydrogens (primary N) is 1. The van der Waals surface area contributed by atoms with Gasteiger partial charge in [0.25, 0.3) is 0 Å². The van der Waals surface area contributed by atoms with Gasteiger partial charge in [0.05, 0.1) is 0 Å². The molecule has 1 unspecified atom stereocenters. The molecule has 0 aliphatic rings. The van der Waals surface area contributed by atoms with E-state index in [4.69, 9.17) is 10.5 Å². The van der Waals surface area contributed by atoms with E-state index in [-0.39, 0.29) is 6.04 Å². The van der Waals surface area contributed by atoms with Gasteiger partial charge >= 0.3 is 0 Å². The van der Waals surface area contributed by atoms with Crippen LogP contribution in [0.15, 0.2) is 40.9 Å². The monoisotopic (exact) mass is 347 g/mol. The van der Waals surface area contributed by atoms with Crippen molar-refractivity contribution >= 4 is 15.9 Å². The minimum atomic E-state index is -0.0656. The van der Waals surface area contributed by atoms with Crippen LogP contribution in [0.1, 0.15) is 49.4 Å². The van der Waals surface area contributed by atoms with Crippen LogP contribution in [0.2, 0.25) is 0 Å². The zero-order valence-corrected chi connectivity index (χ0v) is 14.6. The molecule has 0 saturated carbocycles. The Labute approximate surface area is 135 Å². The molecule has 0 aliphatic carbocycles. The molecule has 2 rings (SSSR count). The first-order valence-corrected chi connectivity index (χ1v) is 8.01. The molecule has 0 amide bonds. The number of rotatable bonds is 4. The molecule has 0 aliphatic heterocycles. The standard InChI is InChI=1S/C18H22BrNO/c1-11(2)16-8-6-15(9-12(16)3)21-18-10-14(19)5-7-17(18)13(4)20/h5-11,13H,20H2,1-4H3. The molecular formula is C18H22BrNO. The second-order valence-corrected chi connectivity index (χ2v) is 6.66. The molecule has 112 valence electrons. The summed E-state index contributed by atoms with van der Waals surface area (Å²) in [7, 11) is 0. The van der Waals surface area contributed by atoms with Crippen molar-refractivity contribution in [1.82, 2.24) is 0 Å². The SMILES string of the molecule is Cc1cc(Oc2cc(Br)ccc2C(C)N)ccc1C(C)C. The first-order chi connectivity index (χ1) is 9.88. The highest BCUT2D eigenvalue weighted by Gasteiger charge is 2.11. The van der Waals surface area contributed by atoms with Gasteiger partial charge in [-0.15, -0.1) is 0 Å². The quantitative estimate of drug-likeness (QED) is 0.770. The minimum Gasteiger partial charge on any atom is -0.457 e. The lowest BCUT2D eigenvalue weighted by atomic mass is 9.98. The molecule has 2 nitrogen and oxygen atoms in total. The fourth-order valence-electron chi connectivity index (χ4n) is 2.46. The second kappa shape index (κ2) is 6.63. The van der Waals surface area contributed by atoms with Crippen molar-refractivity contribution in [3.63, 3.8) is 0 Å². The molecule has 0 saturated heterocycles. The van der Waals surface area contributed by atoms with Gasteiger partial charge in [-0.2, -0.15) is 0 Å². The molecule has 0 aromatic heterocycles. The summed E-state index contributed by atoms with van der Waals surface area (Å²) in [5.41, 5.74) is 9.62. The Balaban J connectivity index is 2.34. The summed E-state index contributed by atoms with van der Waals surface area (Å²) in [5.74, 6) is 2.16. The van der Waals surface area contributed by atoms with Gasteiger partial charge in [-0.3, -0.25) is 0 Å². The van der Waals surface area contributed by atoms with Gasteiger partial charge in [-0.05, 0) is 55.2 Å². The number of hydrogen-bond acceptors (Lipinski definition) is 2. The van der Waals surface area contributed by atoms with Crippen LogP contribution in [0.4, 0.5) is 0 Å². The number of benzene rings is 2. The summed E-state index contributed by atoms with van der Waals surface area (Å²) in [4.78, 5) is 0. The Morgan fingerprint density at radius 2 is 1.67 bits per heavy atom. The highest BCUT2D eigenvalue weighted by Crippen LogP contribution is 2.33. The Kier molecular flexibility index (Phi) is 5.07. The normalized spacial score (nSPS) is 12.5. The van der Waals surface area contributed by atoms with Crippen LogP contribution in [0, 0.1) is 6.92 Å². The maximum absolute atomic E-state index is 6.06. The largest absolute Gasteiger partial charge is 0.457 e. The first kappa shape index (κ1) is 16.1. The van der Waals surface area contributed by atoms with Crippen molar-refractivity contribution < 1.29 is 4.74 Å². The molecule has 0 bridgehead atoms. The summed E-state index contributed by atoms with van der Waals surface area (Å²) in [6, 6.07) is 12.1. The molecule has 2 aromatic rings. The Morgan fingerprint density at radius 3 is 2.24 bits per heavy atom. The lowest BCUT2D eigenvalue weighted by molar-refractivity contribution is 0.471. The van der Waals surface area contributed by atoms with Gasteiger partial charge in [0, 0.05) is 16.1 Å². The predicted molar refractivity (Wildman–Crippen MR) is 92.1 cm³/mol. The fourth-order valence-corrected chi connectivity index (χ4v) is 2.80. The van der Waals surface area contributed by atoms with Crippen LogP contribution in [-0.2, 0) is 0 Å². The smallest absolute Gasteiger partial charge is 0.133 e. The second-order valence-electron chi connectivity index (χ2n) is 5.75. The summed E-state index contributed by atoms with van der Waals surface area (Å²) in [6.45, 7) is 8.48. The van der Waals surface area contributed by atoms with Crippen molar-refractivity contribution in [3.05, 3.63) is 57.6 Å². The summed E-state index contributed by atoms with van der Waals surface area (Å²) in [5, 5.41) is 0. The molecule has 2 N–H and O–H groups in total. The van der Waals surface area contributed by atoms with Gasteiger partial charge in [0.1, 0.15) is 11.5 Å². The van der Waals surface area contributed by atoms with E-state index in [2.05, 4.69) is 48.8 Å². The topological polar surface area (TPSA) is 35.2 Å². The molecule has 3 heteroatoms. The van der Waals surface area contributed by atoms with Crippen LogP contribution in [0.5, 0.6) is 11.5 Å². The molecule has 21 heavy (non-hydrogen) atoms. The van der Waals surface area contributed by atoms with Crippen LogP contribution in [0.25, 0.3) is 0 Å². The van der Waals surface area contributed by atoms with Crippen LogP contribution >= 0.6 is 15.9 Å². The average Bonchev–Trinajstić information content (AvgIpc) is 2.37. The van der Waals surface area contributed by atoms with Crippen molar-refractivity contribution in [2.24, 2.45) is 5.73 Å². The maximum Gasteiger partial charge on any atom is 0.133 e. The zero-order chi connectivity index (χ0) is 15.6. The average molecular weight is 348 g/mol. The van der Waals surface area contributed by atoms with E-state index in [1.54, 1.807) is 0 Å². The fraction of sp³-hybridized carbons (Fsp3) is 0.333. The van der Waals surface area contributed by atoms with E-state index in [1.807, 2.05) is 31.2 Å². The maximum atomic E-state index is 6.06. The molecule has 0 spiro atoms. The van der Waals surface area contributed by atoms with E-state index < -0.39 is 0 Å². The zero-order valence-electron chi connectivity index (χ0n) is 13.0. The first-order valence-electron chi connectivity index (χ1n) is 7.22. The van der Waals surface area contributed by atoms with Gasteiger partial charge in [0.15, 0.2) is 0 Å². The van der Waals surface area contributed by atoms with Gasteiger partial charge < -0.3 is 10.5 Å². The third-order valence-corrected chi connectivity index (χ3v) is 4.05. The lowest BCUT2D eigenvalue weighted by Crippen LogP contribution is -2.06. The third-order valence-electron chi connectivity index (χ3n) is 3.56. The third kappa shape index (κ3) is 3.86. The van der Waals surface area contributed by atoms with Crippen LogP contribution in [-0.4, -0.2) is 0 Å². The number of halogens is 1. The van der Waals surface area contributed by atoms with Gasteiger partial charge in [-0.1, -0.05) is 41.9 Å². The van der Waals surface area contributed by atoms with Crippen LogP contribution < -0.4 is 10.5 Å². The lowest BCUT2D eigenvalue weighted by Gasteiger charge is -2.16. The molecule has 0 fully saturated rings. The molecular weight excluding hydrogens is 326 g/mol. The number of hydrogen-bond donors (Lipinski definition) is 1. The molecule has 1 atom stereocenters. The molecule has 2 aromatic carbocycles. The highest BCUT2D eigenvalue weighted by atomic mass is 79.9. The minimum absolute atomic E-state index is 0.0656. The number of aryl methyl sites for hydroxylation is 1. The van der Waals surface area contributed by atoms with Crippen LogP contribution in [0.3, 0.4) is 0 Å².